The third kappa shape index (κ3) is 1.56. The lowest BCUT2D eigenvalue weighted by molar-refractivity contribution is -0.149. The van der Waals surface area contributed by atoms with Gasteiger partial charge >= 0.3 is 5.97 Å². The quantitative estimate of drug-likeness (QED) is 0.554. The Morgan fingerprint density at radius 3 is 2.65 bits per heavy atom. The normalized spacial score (nSPS) is 46.6. The number of ether oxygens (including phenoxy) is 1. The molecule has 1 saturated carbocycles. The Labute approximate surface area is 101 Å². The van der Waals surface area contributed by atoms with Crippen LogP contribution in [0.3, 0.4) is 0 Å². The van der Waals surface area contributed by atoms with Crippen LogP contribution >= 0.6 is 0 Å². The molecule has 0 spiro atoms. The van der Waals surface area contributed by atoms with Crippen molar-refractivity contribution in [3.8, 4) is 0 Å². The summed E-state index contributed by atoms with van der Waals surface area (Å²) < 4.78 is 5.42. The topological polar surface area (TPSA) is 46.5 Å². The molecule has 3 aliphatic carbocycles. The molecule has 0 radical (unpaired) electrons. The van der Waals surface area contributed by atoms with Crippen LogP contribution in [0.2, 0.25) is 0 Å². The highest BCUT2D eigenvalue weighted by atomic mass is 16.5. The van der Waals surface area contributed by atoms with Gasteiger partial charge in [0.05, 0.1) is 6.10 Å². The van der Waals surface area contributed by atoms with Gasteiger partial charge in [0.15, 0.2) is 0 Å². The molecule has 3 rings (SSSR count). The van der Waals surface area contributed by atoms with Gasteiger partial charge in [-0.3, -0.25) is 4.79 Å². The molecule has 3 heteroatoms. The van der Waals surface area contributed by atoms with E-state index in [0.717, 1.165) is 12.0 Å². The molecule has 0 heterocycles. The summed E-state index contributed by atoms with van der Waals surface area (Å²) in [6.45, 7) is 3.37. The van der Waals surface area contributed by atoms with Crippen molar-refractivity contribution >= 4 is 5.97 Å². The molecule has 0 unspecified atom stereocenters. The maximum atomic E-state index is 11.2. The van der Waals surface area contributed by atoms with Crippen LogP contribution < -0.4 is 0 Å². The number of aliphatic hydroxyl groups is 1. The van der Waals surface area contributed by atoms with E-state index in [0.29, 0.717) is 11.8 Å². The minimum atomic E-state index is -0.369. The molecule has 0 aliphatic heterocycles. The molecule has 0 aromatic heterocycles. The first kappa shape index (κ1) is 11.0. The summed E-state index contributed by atoms with van der Waals surface area (Å²) in [5, 5.41) is 10.3. The first-order valence-corrected chi connectivity index (χ1v) is 6.30. The van der Waals surface area contributed by atoms with E-state index in [-0.39, 0.29) is 30.0 Å². The zero-order valence-corrected chi connectivity index (χ0v) is 10.2. The fraction of sp³-hybridized carbons (Fsp3) is 0.643. The maximum Gasteiger partial charge on any atom is 0.303 e. The molecule has 1 N–H and O–H groups in total. The van der Waals surface area contributed by atoms with Gasteiger partial charge in [0.2, 0.25) is 0 Å². The molecular formula is C14H18O3. The van der Waals surface area contributed by atoms with E-state index in [1.807, 2.05) is 13.0 Å². The van der Waals surface area contributed by atoms with E-state index in [9.17, 15) is 9.90 Å². The van der Waals surface area contributed by atoms with Crippen LogP contribution in [0.1, 0.15) is 20.3 Å². The van der Waals surface area contributed by atoms with Gasteiger partial charge in [-0.05, 0) is 36.8 Å². The van der Waals surface area contributed by atoms with Gasteiger partial charge in [-0.1, -0.05) is 12.2 Å². The Morgan fingerprint density at radius 1 is 1.35 bits per heavy atom. The van der Waals surface area contributed by atoms with Crippen molar-refractivity contribution in [2.75, 3.05) is 0 Å². The zero-order valence-electron chi connectivity index (χ0n) is 10.2. The van der Waals surface area contributed by atoms with Crippen molar-refractivity contribution in [3.05, 3.63) is 23.8 Å². The van der Waals surface area contributed by atoms with Crippen molar-refractivity contribution < 1.29 is 14.6 Å². The predicted octanol–water partition coefficient (Wildman–Crippen LogP) is 1.68. The number of carbonyl (C=O) groups excluding carboxylic acids is 1. The Balaban J connectivity index is 1.94. The summed E-state index contributed by atoms with van der Waals surface area (Å²) in [6.07, 6.45) is 6.96. The van der Waals surface area contributed by atoms with Gasteiger partial charge in [0.25, 0.3) is 0 Å². The van der Waals surface area contributed by atoms with Gasteiger partial charge in [-0.2, -0.15) is 0 Å². The van der Waals surface area contributed by atoms with Crippen LogP contribution in [0, 0.1) is 23.7 Å². The average molecular weight is 234 g/mol. The van der Waals surface area contributed by atoms with Crippen LogP contribution in [-0.4, -0.2) is 23.3 Å². The Bertz CT molecular complexity index is 410. The maximum absolute atomic E-state index is 11.2. The molecule has 3 aliphatic rings. The second-order valence-electron chi connectivity index (χ2n) is 5.53. The minimum absolute atomic E-state index is 0.152. The van der Waals surface area contributed by atoms with Crippen LogP contribution in [-0.2, 0) is 9.53 Å². The minimum Gasteiger partial charge on any atom is -0.458 e. The highest BCUT2D eigenvalue weighted by Gasteiger charge is 2.53. The number of hydrogen-bond donors (Lipinski definition) is 1. The SMILES string of the molecule is CC(=O)O[C@@H]1C=C(C)[C@H](O)[C@H]2[C@@H]1[C@H]1C=C[C@@H]2C1. The summed E-state index contributed by atoms with van der Waals surface area (Å²) in [5.41, 5.74) is 0.943. The summed E-state index contributed by atoms with van der Waals surface area (Å²) >= 11 is 0. The van der Waals surface area contributed by atoms with E-state index in [2.05, 4.69) is 12.2 Å². The third-order valence-electron chi connectivity index (χ3n) is 4.52. The number of esters is 1. The van der Waals surface area contributed by atoms with Gasteiger partial charge in [-0.25, -0.2) is 0 Å². The molecule has 2 bridgehead atoms. The molecule has 1 fully saturated rings. The summed E-state index contributed by atoms with van der Waals surface area (Å²) in [6, 6.07) is 0. The van der Waals surface area contributed by atoms with Crippen molar-refractivity contribution in [2.24, 2.45) is 23.7 Å². The second-order valence-corrected chi connectivity index (χ2v) is 5.53. The van der Waals surface area contributed by atoms with Gasteiger partial charge in [0, 0.05) is 18.8 Å². The number of allylic oxidation sites excluding steroid dienone is 2. The van der Waals surface area contributed by atoms with Gasteiger partial charge < -0.3 is 9.84 Å². The smallest absolute Gasteiger partial charge is 0.303 e. The summed E-state index contributed by atoms with van der Waals surface area (Å²) in [7, 11) is 0. The van der Waals surface area contributed by atoms with E-state index in [4.69, 9.17) is 4.74 Å². The number of hydrogen-bond acceptors (Lipinski definition) is 3. The third-order valence-corrected chi connectivity index (χ3v) is 4.52. The van der Waals surface area contributed by atoms with Crippen LogP contribution in [0.4, 0.5) is 0 Å². The Kier molecular flexibility index (Phi) is 2.40. The fourth-order valence-electron chi connectivity index (χ4n) is 3.88. The molecular weight excluding hydrogens is 216 g/mol. The average Bonchev–Trinajstić information content (AvgIpc) is 2.84. The van der Waals surface area contributed by atoms with E-state index in [1.54, 1.807) is 0 Å². The predicted molar refractivity (Wildman–Crippen MR) is 63.0 cm³/mol. The second kappa shape index (κ2) is 3.70. The van der Waals surface area contributed by atoms with Crippen LogP contribution in [0.25, 0.3) is 0 Å². The standard InChI is InChI=1S/C14H18O3/c1-7-5-11(17-8(2)15)12-9-3-4-10(6-9)13(12)14(7)16/h3-5,9-14,16H,6H2,1-2H3/t9-,10+,11+,12+,13+,14-/m0/s1. The fourth-order valence-corrected chi connectivity index (χ4v) is 3.88. The number of aliphatic hydroxyl groups excluding tert-OH is 1. The van der Waals surface area contributed by atoms with Crippen molar-refractivity contribution in [3.63, 3.8) is 0 Å². The molecule has 0 aromatic carbocycles. The van der Waals surface area contributed by atoms with E-state index >= 15 is 0 Å². The summed E-state index contributed by atoms with van der Waals surface area (Å²) in [5.74, 6) is 1.20. The monoisotopic (exact) mass is 234 g/mol. The largest absolute Gasteiger partial charge is 0.458 e. The lowest BCUT2D eigenvalue weighted by Crippen LogP contribution is -2.43. The molecule has 6 atom stereocenters. The Hall–Kier alpha value is -1.09. The number of fused-ring (bicyclic) bond motifs is 5. The molecule has 0 aromatic rings. The van der Waals surface area contributed by atoms with Gasteiger partial charge in [-0.15, -0.1) is 0 Å². The van der Waals surface area contributed by atoms with Crippen LogP contribution in [0.5, 0.6) is 0 Å². The molecule has 0 saturated heterocycles. The van der Waals surface area contributed by atoms with Crippen molar-refractivity contribution in [1.82, 2.24) is 0 Å². The molecule has 0 amide bonds. The summed E-state index contributed by atoms with van der Waals surface area (Å²) in [4.78, 5) is 11.2. The van der Waals surface area contributed by atoms with Gasteiger partial charge in [0.1, 0.15) is 6.10 Å². The van der Waals surface area contributed by atoms with Crippen LogP contribution in [0.15, 0.2) is 23.8 Å². The lowest BCUT2D eigenvalue weighted by atomic mass is 9.71. The van der Waals surface area contributed by atoms with E-state index in [1.165, 1.54) is 6.92 Å². The highest BCUT2D eigenvalue weighted by Crippen LogP contribution is 2.54. The van der Waals surface area contributed by atoms with Crippen molar-refractivity contribution in [1.29, 1.82) is 0 Å². The molecule has 92 valence electrons. The lowest BCUT2D eigenvalue weighted by Gasteiger charge is -2.39. The zero-order chi connectivity index (χ0) is 12.2. The molecule has 17 heavy (non-hydrogen) atoms. The molecule has 3 nitrogen and oxygen atoms in total. The Morgan fingerprint density at radius 2 is 2.00 bits per heavy atom. The van der Waals surface area contributed by atoms with Crippen molar-refractivity contribution in [2.45, 2.75) is 32.5 Å². The first-order chi connectivity index (χ1) is 8.08. The highest BCUT2D eigenvalue weighted by molar-refractivity contribution is 5.66. The number of rotatable bonds is 1. The first-order valence-electron chi connectivity index (χ1n) is 6.30. The number of carbonyl (C=O) groups is 1. The van der Waals surface area contributed by atoms with E-state index < -0.39 is 0 Å².